The fourth-order valence-electron chi connectivity index (χ4n) is 1.44. The minimum Gasteiger partial charge on any atom is -0.381 e. The van der Waals surface area contributed by atoms with Gasteiger partial charge >= 0.3 is 0 Å². The minimum atomic E-state index is -0.435. The van der Waals surface area contributed by atoms with Gasteiger partial charge in [-0.15, -0.1) is 6.58 Å². The summed E-state index contributed by atoms with van der Waals surface area (Å²) in [6, 6.07) is 4.56. The van der Waals surface area contributed by atoms with Crippen LogP contribution in [0.3, 0.4) is 0 Å². The molecule has 0 aliphatic carbocycles. The third kappa shape index (κ3) is 4.07. The summed E-state index contributed by atoms with van der Waals surface area (Å²) in [5, 5.41) is 14.3. The minimum absolute atomic E-state index is 0.0350. The van der Waals surface area contributed by atoms with Crippen LogP contribution in [0, 0.1) is 10.1 Å². The highest BCUT2D eigenvalue weighted by atomic mass is 35.5. The predicted octanol–water partition coefficient (Wildman–Crippen LogP) is 4.01. The molecule has 0 radical (unpaired) electrons. The largest absolute Gasteiger partial charge is 0.381 e. The topological polar surface area (TPSA) is 55.2 Å². The van der Waals surface area contributed by atoms with Crippen LogP contribution >= 0.6 is 11.6 Å². The van der Waals surface area contributed by atoms with Crippen molar-refractivity contribution < 1.29 is 4.92 Å². The van der Waals surface area contributed by atoms with Gasteiger partial charge in [0.2, 0.25) is 0 Å². The first-order valence-corrected chi connectivity index (χ1v) is 5.73. The maximum atomic E-state index is 10.6. The monoisotopic (exact) mass is 254 g/mol. The maximum absolute atomic E-state index is 10.6. The smallest absolute Gasteiger partial charge is 0.271 e. The van der Waals surface area contributed by atoms with E-state index in [2.05, 4.69) is 11.9 Å². The van der Waals surface area contributed by atoms with Crippen molar-refractivity contribution in [2.75, 3.05) is 5.32 Å². The molecule has 0 bridgehead atoms. The molecule has 0 amide bonds. The molecule has 1 atom stereocenters. The average Bonchev–Trinajstić information content (AvgIpc) is 2.29. The van der Waals surface area contributed by atoms with Crippen LogP contribution < -0.4 is 5.32 Å². The standard InChI is InChI=1S/C12H15ClN2O2/c1-3-4-5-9(2)14-12-8-10(15(16)17)6-7-11(12)13/h3,6-9,14H,1,4-5H2,2H3. The average molecular weight is 255 g/mol. The molecule has 0 aliphatic heterocycles. The van der Waals surface area contributed by atoms with Crippen LogP contribution in [0.25, 0.3) is 0 Å². The van der Waals surface area contributed by atoms with E-state index in [0.29, 0.717) is 10.7 Å². The number of anilines is 1. The van der Waals surface area contributed by atoms with Gasteiger partial charge in [-0.25, -0.2) is 0 Å². The Morgan fingerprint density at radius 1 is 1.65 bits per heavy atom. The Balaban J connectivity index is 2.78. The Kier molecular flexibility index (Phi) is 4.97. The Morgan fingerprint density at radius 2 is 2.35 bits per heavy atom. The van der Waals surface area contributed by atoms with Crippen molar-refractivity contribution in [3.63, 3.8) is 0 Å². The summed E-state index contributed by atoms with van der Waals surface area (Å²) < 4.78 is 0. The number of nitro groups is 1. The van der Waals surface area contributed by atoms with E-state index in [4.69, 9.17) is 11.6 Å². The lowest BCUT2D eigenvalue weighted by molar-refractivity contribution is -0.384. The third-order valence-electron chi connectivity index (χ3n) is 2.37. The molecule has 0 saturated heterocycles. The van der Waals surface area contributed by atoms with Gasteiger partial charge in [0, 0.05) is 18.2 Å². The van der Waals surface area contributed by atoms with Gasteiger partial charge in [-0.05, 0) is 25.8 Å². The van der Waals surface area contributed by atoms with E-state index in [0.717, 1.165) is 12.8 Å². The maximum Gasteiger partial charge on any atom is 0.271 e. The summed E-state index contributed by atoms with van der Waals surface area (Å²) in [4.78, 5) is 10.2. The van der Waals surface area contributed by atoms with Crippen LogP contribution in [0.15, 0.2) is 30.9 Å². The molecular weight excluding hydrogens is 240 g/mol. The van der Waals surface area contributed by atoms with E-state index < -0.39 is 4.92 Å². The molecule has 1 unspecified atom stereocenters. The lowest BCUT2D eigenvalue weighted by Gasteiger charge is -2.15. The normalized spacial score (nSPS) is 11.9. The lowest BCUT2D eigenvalue weighted by Crippen LogP contribution is -2.14. The highest BCUT2D eigenvalue weighted by Gasteiger charge is 2.11. The molecule has 1 rings (SSSR count). The van der Waals surface area contributed by atoms with Gasteiger partial charge < -0.3 is 5.32 Å². The van der Waals surface area contributed by atoms with E-state index in [1.165, 1.54) is 18.2 Å². The molecule has 4 nitrogen and oxygen atoms in total. The number of hydrogen-bond acceptors (Lipinski definition) is 3. The number of benzene rings is 1. The van der Waals surface area contributed by atoms with Gasteiger partial charge in [0.25, 0.3) is 5.69 Å². The first-order valence-electron chi connectivity index (χ1n) is 5.36. The summed E-state index contributed by atoms with van der Waals surface area (Å²) in [5.41, 5.74) is 0.630. The van der Waals surface area contributed by atoms with Crippen molar-refractivity contribution in [1.82, 2.24) is 0 Å². The second-order valence-corrected chi connectivity index (χ2v) is 4.24. The van der Waals surface area contributed by atoms with Crippen molar-refractivity contribution in [3.05, 3.63) is 46.0 Å². The van der Waals surface area contributed by atoms with Crippen molar-refractivity contribution in [3.8, 4) is 0 Å². The Hall–Kier alpha value is -1.55. The SMILES string of the molecule is C=CCCC(C)Nc1cc([N+](=O)[O-])ccc1Cl. The summed E-state index contributed by atoms with van der Waals surface area (Å²) in [5.74, 6) is 0. The molecule has 1 aromatic rings. The van der Waals surface area contributed by atoms with Gasteiger partial charge in [0.15, 0.2) is 0 Å². The molecule has 92 valence electrons. The summed E-state index contributed by atoms with van der Waals surface area (Å²) >= 11 is 5.97. The Morgan fingerprint density at radius 3 is 2.94 bits per heavy atom. The zero-order valence-electron chi connectivity index (χ0n) is 9.65. The summed E-state index contributed by atoms with van der Waals surface area (Å²) in [6.45, 7) is 5.65. The number of nitro benzene ring substituents is 1. The predicted molar refractivity (Wildman–Crippen MR) is 70.6 cm³/mol. The van der Waals surface area contributed by atoms with Crippen molar-refractivity contribution in [1.29, 1.82) is 0 Å². The molecule has 0 heterocycles. The first kappa shape index (κ1) is 13.5. The number of nitrogens with zero attached hydrogens (tertiary/aromatic N) is 1. The first-order chi connectivity index (χ1) is 8.04. The van der Waals surface area contributed by atoms with Crippen LogP contribution in [0.5, 0.6) is 0 Å². The second kappa shape index (κ2) is 6.25. The van der Waals surface area contributed by atoms with Gasteiger partial charge in [-0.3, -0.25) is 10.1 Å². The van der Waals surface area contributed by atoms with E-state index in [1.807, 2.05) is 13.0 Å². The number of non-ortho nitro benzene ring substituents is 1. The molecule has 0 spiro atoms. The van der Waals surface area contributed by atoms with Crippen molar-refractivity contribution in [2.24, 2.45) is 0 Å². The number of hydrogen-bond donors (Lipinski definition) is 1. The fraction of sp³-hybridized carbons (Fsp3) is 0.333. The molecule has 0 aliphatic rings. The fourth-order valence-corrected chi connectivity index (χ4v) is 1.62. The van der Waals surface area contributed by atoms with E-state index in [-0.39, 0.29) is 11.7 Å². The van der Waals surface area contributed by atoms with Crippen LogP contribution in [0.2, 0.25) is 5.02 Å². The van der Waals surface area contributed by atoms with E-state index in [9.17, 15) is 10.1 Å². The third-order valence-corrected chi connectivity index (χ3v) is 2.70. The van der Waals surface area contributed by atoms with Crippen molar-refractivity contribution >= 4 is 23.0 Å². The van der Waals surface area contributed by atoms with E-state index in [1.54, 1.807) is 0 Å². The zero-order valence-corrected chi connectivity index (χ0v) is 10.4. The molecule has 0 fully saturated rings. The van der Waals surface area contributed by atoms with E-state index >= 15 is 0 Å². The molecular formula is C12H15ClN2O2. The Bertz CT molecular complexity index is 421. The number of allylic oxidation sites excluding steroid dienone is 1. The van der Waals surface area contributed by atoms with Gasteiger partial charge in [-0.1, -0.05) is 17.7 Å². The molecule has 0 aromatic heterocycles. The summed E-state index contributed by atoms with van der Waals surface area (Å²) in [7, 11) is 0. The number of nitrogens with one attached hydrogen (secondary N) is 1. The zero-order chi connectivity index (χ0) is 12.8. The molecule has 1 aromatic carbocycles. The van der Waals surface area contributed by atoms with Crippen molar-refractivity contribution in [2.45, 2.75) is 25.8 Å². The second-order valence-electron chi connectivity index (χ2n) is 3.83. The molecule has 5 heteroatoms. The molecule has 1 N–H and O–H groups in total. The van der Waals surface area contributed by atoms with Gasteiger partial charge in [-0.2, -0.15) is 0 Å². The number of halogens is 1. The van der Waals surface area contributed by atoms with Crippen LogP contribution in [0.4, 0.5) is 11.4 Å². The molecule has 0 saturated carbocycles. The Labute approximate surface area is 105 Å². The van der Waals surface area contributed by atoms with Crippen LogP contribution in [0.1, 0.15) is 19.8 Å². The summed E-state index contributed by atoms with van der Waals surface area (Å²) in [6.07, 6.45) is 3.64. The van der Waals surface area contributed by atoms with Gasteiger partial charge in [0.05, 0.1) is 15.6 Å². The molecule has 17 heavy (non-hydrogen) atoms. The highest BCUT2D eigenvalue weighted by molar-refractivity contribution is 6.33. The van der Waals surface area contributed by atoms with Crippen LogP contribution in [-0.2, 0) is 0 Å². The number of rotatable bonds is 6. The van der Waals surface area contributed by atoms with Crippen LogP contribution in [-0.4, -0.2) is 11.0 Å². The highest BCUT2D eigenvalue weighted by Crippen LogP contribution is 2.27. The quantitative estimate of drug-likeness (QED) is 0.474. The lowest BCUT2D eigenvalue weighted by atomic mass is 10.1. The van der Waals surface area contributed by atoms with Gasteiger partial charge in [0.1, 0.15) is 0 Å².